The average molecular weight is 1290 g/mol. The topological polar surface area (TPSA) is 231 Å². The van der Waals surface area contributed by atoms with Gasteiger partial charge in [0.25, 0.3) is 0 Å². The first-order valence-corrected chi connectivity index (χ1v) is 36.5. The number of hydrogen-bond donors (Lipinski definition) is 4. The van der Waals surface area contributed by atoms with Crippen molar-refractivity contribution in [1.29, 1.82) is 0 Å². The minimum atomic E-state index is -4.93. The molecule has 0 saturated heterocycles. The van der Waals surface area contributed by atoms with E-state index in [0.29, 0.717) is 19.3 Å². The molecule has 0 spiro atoms. The van der Waals surface area contributed by atoms with Crippen LogP contribution in [0.5, 0.6) is 0 Å². The van der Waals surface area contributed by atoms with E-state index >= 15 is 0 Å². The van der Waals surface area contributed by atoms with Crippen molar-refractivity contribution in [2.75, 3.05) is 39.6 Å². The second kappa shape index (κ2) is 63.8. The summed E-state index contributed by atoms with van der Waals surface area (Å²) in [5.74, 6) is -1.64. The molecule has 0 aliphatic carbocycles. The Morgan fingerprint density at radius 2 is 0.596 bits per heavy atom. The monoisotopic (exact) mass is 1290 g/mol. The first kappa shape index (κ1) is 84.7. The lowest BCUT2D eigenvalue weighted by atomic mass is 10.1. The van der Waals surface area contributed by atoms with Crippen molar-refractivity contribution in [3.05, 3.63) is 134 Å². The molecule has 0 saturated carbocycles. The number of rotatable bonds is 62. The van der Waals surface area contributed by atoms with E-state index in [1.54, 1.807) is 0 Å². The zero-order valence-corrected chi connectivity index (χ0v) is 56.6. The van der Waals surface area contributed by atoms with Crippen LogP contribution in [0.3, 0.4) is 0 Å². The Hall–Kier alpha value is -4.31. The number of ether oxygens (including phenoxy) is 3. The molecule has 508 valence electrons. The highest BCUT2D eigenvalue weighted by Gasteiger charge is 2.29. The molecule has 5 unspecified atom stereocenters. The fourth-order valence-electron chi connectivity index (χ4n) is 8.30. The van der Waals surface area contributed by atoms with E-state index in [-0.39, 0.29) is 19.3 Å². The molecule has 0 aromatic heterocycles. The van der Waals surface area contributed by atoms with Crippen molar-refractivity contribution in [2.24, 2.45) is 0 Å². The minimum Gasteiger partial charge on any atom is -0.463 e. The molecule has 0 rings (SSSR count). The second-order valence-electron chi connectivity index (χ2n) is 21.9. The van der Waals surface area contributed by atoms with E-state index in [0.717, 1.165) is 141 Å². The third-order valence-electron chi connectivity index (χ3n) is 13.4. The van der Waals surface area contributed by atoms with Crippen LogP contribution in [0.1, 0.15) is 239 Å². The van der Waals surface area contributed by atoms with Gasteiger partial charge in [0.2, 0.25) is 0 Å². The molecule has 0 aliphatic rings. The SMILES string of the molecule is CC/C=C\C/C=C\C/C=C\C/C=C\C/C=C\C/C=C\CCCCCCC(=O)OCC(O)COP(=O)(O)OCC(O)COP(=O)(O)OCC(COC(=O)CCCCC/C=C\C/C=C\C/C=C\C/C=C\C/C=C\CC)OC(=O)CCCCCCCCCCCCC. The summed E-state index contributed by atoms with van der Waals surface area (Å²) in [4.78, 5) is 58.3. The fraction of sp³-hybridized carbons (Fsp3) is 0.648. The van der Waals surface area contributed by atoms with E-state index in [2.05, 4.69) is 154 Å². The van der Waals surface area contributed by atoms with Gasteiger partial charge in [-0.2, -0.15) is 0 Å². The molecule has 0 aromatic carbocycles. The maximum absolute atomic E-state index is 12.9. The van der Waals surface area contributed by atoms with Crippen molar-refractivity contribution >= 4 is 33.6 Å². The van der Waals surface area contributed by atoms with Crippen LogP contribution in [-0.4, -0.2) is 95.9 Å². The highest BCUT2D eigenvalue weighted by atomic mass is 31.2. The molecule has 0 aromatic rings. The Balaban J connectivity index is 4.64. The van der Waals surface area contributed by atoms with Crippen LogP contribution in [0.2, 0.25) is 0 Å². The largest absolute Gasteiger partial charge is 0.472 e. The number of esters is 3. The Kier molecular flexibility index (Phi) is 60.7. The Morgan fingerprint density at radius 1 is 0.326 bits per heavy atom. The van der Waals surface area contributed by atoms with Crippen molar-refractivity contribution in [1.82, 2.24) is 0 Å². The molecule has 16 nitrogen and oxygen atoms in total. The van der Waals surface area contributed by atoms with E-state index in [1.165, 1.54) is 38.5 Å². The lowest BCUT2D eigenvalue weighted by Crippen LogP contribution is -2.30. The van der Waals surface area contributed by atoms with Gasteiger partial charge in [0.1, 0.15) is 25.4 Å². The first-order chi connectivity index (χ1) is 43.2. The summed E-state index contributed by atoms with van der Waals surface area (Å²) in [6, 6.07) is 0. The van der Waals surface area contributed by atoms with Gasteiger partial charge in [-0.25, -0.2) is 9.13 Å². The third kappa shape index (κ3) is 65.0. The molecular formula is C71H118O16P2. The molecule has 0 bridgehead atoms. The maximum Gasteiger partial charge on any atom is 0.472 e. The van der Waals surface area contributed by atoms with E-state index in [4.69, 9.17) is 32.3 Å². The van der Waals surface area contributed by atoms with Crippen molar-refractivity contribution in [3.8, 4) is 0 Å². The van der Waals surface area contributed by atoms with Gasteiger partial charge in [-0.05, 0) is 116 Å². The normalized spacial score (nSPS) is 15.1. The summed E-state index contributed by atoms with van der Waals surface area (Å²) >= 11 is 0. The van der Waals surface area contributed by atoms with Crippen LogP contribution in [-0.2, 0) is 55.8 Å². The summed E-state index contributed by atoms with van der Waals surface area (Å²) in [6.07, 6.45) is 73.7. The molecule has 0 aliphatic heterocycles. The predicted molar refractivity (Wildman–Crippen MR) is 362 cm³/mol. The lowest BCUT2D eigenvalue weighted by molar-refractivity contribution is -0.161. The number of hydrogen-bond acceptors (Lipinski definition) is 14. The third-order valence-corrected chi connectivity index (χ3v) is 15.3. The average Bonchev–Trinajstić information content (AvgIpc) is 3.54. The Morgan fingerprint density at radius 3 is 0.955 bits per heavy atom. The van der Waals surface area contributed by atoms with Gasteiger partial charge in [0, 0.05) is 19.3 Å². The molecular weight excluding hydrogens is 1170 g/mol. The van der Waals surface area contributed by atoms with Crippen molar-refractivity contribution in [2.45, 2.75) is 257 Å². The standard InChI is InChI=1S/C71H118O16P2/c1-4-7-10-13-16-19-22-24-26-28-30-31-32-33-35-37-38-40-43-45-48-51-54-57-69(74)81-60-66(72)61-83-88(77,78)84-62-67(73)63-85-89(79,80)86-65-68(87-71(76)59-56-53-50-47-42-21-18-15-12-9-6-3)64-82-70(75)58-55-52-49-46-44-41-39-36-34-29-27-25-23-20-17-14-11-8-5-2/h7-8,10-11,16-17,19-20,24-27,30-31,33-36,38,40-41,44,66-68,72-73H,4-6,9,12-15,18,21-23,28-29,32,37,39,42-43,45-65H2,1-3H3,(H,77,78)(H,79,80)/b10-7-,11-8-,19-16-,20-17-,26-24-,27-25-,31-30-,35-33-,36-34-,40-38-,44-41-. The minimum absolute atomic E-state index is 0.0950. The summed E-state index contributed by atoms with van der Waals surface area (Å²) in [6.45, 7) is 2.33. The molecule has 0 amide bonds. The van der Waals surface area contributed by atoms with E-state index in [9.17, 15) is 43.5 Å². The van der Waals surface area contributed by atoms with Gasteiger partial charge < -0.3 is 34.2 Å². The molecule has 0 heterocycles. The number of allylic oxidation sites excluding steroid dienone is 22. The number of aliphatic hydroxyl groups excluding tert-OH is 2. The molecule has 0 fully saturated rings. The van der Waals surface area contributed by atoms with Crippen LogP contribution in [0.15, 0.2) is 134 Å². The number of carbonyl (C=O) groups is 3. The van der Waals surface area contributed by atoms with Gasteiger partial charge in [0.05, 0.1) is 26.4 Å². The summed E-state index contributed by atoms with van der Waals surface area (Å²) < 4.78 is 60.7. The highest BCUT2D eigenvalue weighted by molar-refractivity contribution is 7.47. The quantitative estimate of drug-likeness (QED) is 0.0146. The number of unbranched alkanes of at least 4 members (excludes halogenated alkanes) is 17. The summed E-state index contributed by atoms with van der Waals surface area (Å²) in [7, 11) is -9.79. The number of phosphoric acid groups is 2. The van der Waals surface area contributed by atoms with Crippen LogP contribution in [0, 0.1) is 0 Å². The molecule has 89 heavy (non-hydrogen) atoms. The molecule has 0 radical (unpaired) electrons. The van der Waals surface area contributed by atoms with Crippen LogP contribution in [0.4, 0.5) is 0 Å². The van der Waals surface area contributed by atoms with Gasteiger partial charge in [-0.15, -0.1) is 0 Å². The Labute approximate surface area is 537 Å². The van der Waals surface area contributed by atoms with Crippen molar-refractivity contribution < 1.29 is 75.8 Å². The first-order valence-electron chi connectivity index (χ1n) is 33.5. The molecule has 5 atom stereocenters. The summed E-state index contributed by atoms with van der Waals surface area (Å²) in [5, 5.41) is 20.5. The maximum atomic E-state index is 12.9. The highest BCUT2D eigenvalue weighted by Crippen LogP contribution is 2.45. The van der Waals surface area contributed by atoms with E-state index < -0.39 is 91.5 Å². The van der Waals surface area contributed by atoms with Crippen LogP contribution >= 0.6 is 15.6 Å². The van der Waals surface area contributed by atoms with Crippen LogP contribution < -0.4 is 0 Å². The van der Waals surface area contributed by atoms with Gasteiger partial charge >= 0.3 is 33.6 Å². The summed E-state index contributed by atoms with van der Waals surface area (Å²) in [5.41, 5.74) is 0. The molecule has 18 heteroatoms. The second-order valence-corrected chi connectivity index (χ2v) is 24.8. The smallest absolute Gasteiger partial charge is 0.463 e. The fourth-order valence-corrected chi connectivity index (χ4v) is 9.89. The number of phosphoric ester groups is 2. The van der Waals surface area contributed by atoms with Gasteiger partial charge in [0.15, 0.2) is 6.10 Å². The van der Waals surface area contributed by atoms with Crippen LogP contribution in [0.25, 0.3) is 0 Å². The van der Waals surface area contributed by atoms with Gasteiger partial charge in [-0.1, -0.05) is 238 Å². The molecule has 4 N–H and O–H groups in total. The predicted octanol–water partition coefficient (Wildman–Crippen LogP) is 18.4. The zero-order valence-electron chi connectivity index (χ0n) is 54.8. The Bertz CT molecular complexity index is 2160. The van der Waals surface area contributed by atoms with Crippen molar-refractivity contribution in [3.63, 3.8) is 0 Å². The van der Waals surface area contributed by atoms with Gasteiger partial charge in [-0.3, -0.25) is 32.5 Å². The van der Waals surface area contributed by atoms with E-state index in [1.807, 2.05) is 0 Å². The number of aliphatic hydroxyl groups is 2. The number of carbonyl (C=O) groups excluding carboxylic acids is 3. The zero-order chi connectivity index (χ0) is 65.3. The lowest BCUT2D eigenvalue weighted by Gasteiger charge is -2.21.